The van der Waals surface area contributed by atoms with E-state index in [-0.39, 0.29) is 5.91 Å². The molecule has 0 spiro atoms. The predicted molar refractivity (Wildman–Crippen MR) is 104 cm³/mol. The van der Waals surface area contributed by atoms with E-state index in [1.54, 1.807) is 6.92 Å². The van der Waals surface area contributed by atoms with E-state index in [1.165, 1.54) is 31.4 Å². The molecule has 0 aliphatic carbocycles. The lowest BCUT2D eigenvalue weighted by atomic mass is 10.1. The lowest BCUT2D eigenvalue weighted by Gasteiger charge is -2.32. The summed E-state index contributed by atoms with van der Waals surface area (Å²) in [6, 6.07) is 9.59. The number of nitrogens with zero attached hydrogens (tertiary/aromatic N) is 2. The molecule has 2 heterocycles. The molecule has 2 aliphatic rings. The fraction of sp³-hybridized carbons (Fsp3) is 0.667. The molecule has 1 aromatic carbocycles. The Bertz CT molecular complexity index is 586. The molecule has 0 aromatic heterocycles. The molecule has 2 atom stereocenters. The number of carbonyl (C=O) groups is 1. The smallest absolute Gasteiger partial charge is 0.223 e. The standard InChI is InChI=1S/C21H33N3O/c1-16(2)10-12-24-19-8-9-20(24)15-22-14-18-6-4-5-7-21(18)23(13-11-19)17(3)25/h4-7,16,19-20,22H,8-15H2,1-3H3/t19-,20+/m0/s1. The zero-order valence-corrected chi connectivity index (χ0v) is 16.0. The number of carbonyl (C=O) groups excluding carboxylic acids is 1. The fourth-order valence-electron chi connectivity index (χ4n) is 4.34. The Morgan fingerprint density at radius 3 is 2.72 bits per heavy atom. The van der Waals surface area contributed by atoms with Crippen LogP contribution in [0.1, 0.15) is 52.0 Å². The normalized spacial score (nSPS) is 24.9. The van der Waals surface area contributed by atoms with Gasteiger partial charge < -0.3 is 10.2 Å². The molecule has 1 N–H and O–H groups in total. The molecule has 1 aromatic rings. The van der Waals surface area contributed by atoms with Crippen molar-refractivity contribution in [1.82, 2.24) is 10.2 Å². The zero-order valence-electron chi connectivity index (χ0n) is 16.0. The molecule has 0 saturated carbocycles. The van der Waals surface area contributed by atoms with Gasteiger partial charge in [0.1, 0.15) is 0 Å². The van der Waals surface area contributed by atoms with E-state index in [9.17, 15) is 4.79 Å². The Morgan fingerprint density at radius 1 is 1.20 bits per heavy atom. The summed E-state index contributed by atoms with van der Waals surface area (Å²) in [6.45, 7) is 10.2. The summed E-state index contributed by atoms with van der Waals surface area (Å²) in [5, 5.41) is 3.66. The van der Waals surface area contributed by atoms with Crippen LogP contribution in [0.2, 0.25) is 0 Å². The molecule has 0 radical (unpaired) electrons. The van der Waals surface area contributed by atoms with Crippen molar-refractivity contribution in [1.29, 1.82) is 0 Å². The first-order valence-electron chi connectivity index (χ1n) is 9.88. The number of anilines is 1. The minimum atomic E-state index is 0.148. The second kappa shape index (κ2) is 8.33. The first-order chi connectivity index (χ1) is 12.1. The Hall–Kier alpha value is -1.39. The molecular formula is C21H33N3O. The van der Waals surface area contributed by atoms with Crippen molar-refractivity contribution in [2.45, 2.75) is 65.1 Å². The van der Waals surface area contributed by atoms with Crippen LogP contribution in [0.15, 0.2) is 24.3 Å². The Kier molecular flexibility index (Phi) is 6.13. The summed E-state index contributed by atoms with van der Waals surface area (Å²) in [6.07, 6.45) is 4.86. The molecule has 4 heteroatoms. The molecule has 2 bridgehead atoms. The van der Waals surface area contributed by atoms with E-state index >= 15 is 0 Å². The number of nitrogens with one attached hydrogen (secondary N) is 1. The number of amides is 1. The number of rotatable bonds is 3. The van der Waals surface area contributed by atoms with Gasteiger partial charge >= 0.3 is 0 Å². The van der Waals surface area contributed by atoms with Crippen LogP contribution < -0.4 is 10.2 Å². The van der Waals surface area contributed by atoms with Gasteiger partial charge in [0.15, 0.2) is 0 Å². The molecule has 3 rings (SSSR count). The van der Waals surface area contributed by atoms with Crippen molar-refractivity contribution in [3.05, 3.63) is 29.8 Å². The lowest BCUT2D eigenvalue weighted by Crippen LogP contribution is -2.43. The maximum atomic E-state index is 12.3. The minimum Gasteiger partial charge on any atom is -0.312 e. The van der Waals surface area contributed by atoms with Gasteiger partial charge in [-0.2, -0.15) is 0 Å². The van der Waals surface area contributed by atoms with Gasteiger partial charge in [0.25, 0.3) is 0 Å². The molecule has 0 unspecified atom stereocenters. The van der Waals surface area contributed by atoms with Crippen LogP contribution in [0.4, 0.5) is 5.69 Å². The van der Waals surface area contributed by atoms with Gasteiger partial charge in [-0.05, 0) is 49.8 Å². The van der Waals surface area contributed by atoms with Crippen LogP contribution in [0.5, 0.6) is 0 Å². The van der Waals surface area contributed by atoms with Crippen molar-refractivity contribution in [2.75, 3.05) is 24.5 Å². The van der Waals surface area contributed by atoms with Gasteiger partial charge in [-0.15, -0.1) is 0 Å². The van der Waals surface area contributed by atoms with Gasteiger partial charge in [-0.3, -0.25) is 9.69 Å². The second-order valence-corrected chi connectivity index (χ2v) is 8.02. The molecule has 25 heavy (non-hydrogen) atoms. The van der Waals surface area contributed by atoms with Crippen molar-refractivity contribution in [2.24, 2.45) is 5.92 Å². The van der Waals surface area contributed by atoms with Crippen LogP contribution in [0.25, 0.3) is 0 Å². The Balaban J connectivity index is 1.81. The summed E-state index contributed by atoms with van der Waals surface area (Å²) < 4.78 is 0. The average Bonchev–Trinajstić information content (AvgIpc) is 2.94. The number of hydrogen-bond donors (Lipinski definition) is 1. The van der Waals surface area contributed by atoms with Gasteiger partial charge in [-0.1, -0.05) is 32.0 Å². The Morgan fingerprint density at radius 2 is 1.96 bits per heavy atom. The molecule has 2 aliphatic heterocycles. The van der Waals surface area contributed by atoms with Crippen molar-refractivity contribution >= 4 is 11.6 Å². The van der Waals surface area contributed by atoms with Crippen LogP contribution >= 0.6 is 0 Å². The summed E-state index contributed by atoms with van der Waals surface area (Å²) in [5.74, 6) is 0.887. The summed E-state index contributed by atoms with van der Waals surface area (Å²) >= 11 is 0. The fourth-order valence-corrected chi connectivity index (χ4v) is 4.34. The van der Waals surface area contributed by atoms with Gasteiger partial charge in [0, 0.05) is 44.3 Å². The number of para-hydroxylation sites is 1. The molecule has 1 saturated heterocycles. The van der Waals surface area contributed by atoms with Crippen LogP contribution in [0.3, 0.4) is 0 Å². The molecule has 138 valence electrons. The summed E-state index contributed by atoms with van der Waals surface area (Å²) in [4.78, 5) is 17.0. The van der Waals surface area contributed by atoms with E-state index in [0.717, 1.165) is 37.7 Å². The quantitative estimate of drug-likeness (QED) is 0.913. The SMILES string of the molecule is CC(=O)N1CC[C@@H]2CC[C@H](CNCc3ccccc31)N2CCC(C)C. The number of fused-ring (bicyclic) bond motifs is 3. The molecular weight excluding hydrogens is 310 g/mol. The van der Waals surface area contributed by atoms with E-state index < -0.39 is 0 Å². The first kappa shape index (κ1) is 18.4. The maximum absolute atomic E-state index is 12.3. The highest BCUT2D eigenvalue weighted by Crippen LogP contribution is 2.29. The van der Waals surface area contributed by atoms with Gasteiger partial charge in [0.05, 0.1) is 0 Å². The molecule has 1 amide bonds. The van der Waals surface area contributed by atoms with Gasteiger partial charge in [0.2, 0.25) is 5.91 Å². The van der Waals surface area contributed by atoms with Crippen molar-refractivity contribution < 1.29 is 4.79 Å². The predicted octanol–water partition coefficient (Wildman–Crippen LogP) is 3.41. The van der Waals surface area contributed by atoms with E-state index in [1.807, 2.05) is 11.0 Å². The second-order valence-electron chi connectivity index (χ2n) is 8.02. The van der Waals surface area contributed by atoms with Crippen molar-refractivity contribution in [3.8, 4) is 0 Å². The van der Waals surface area contributed by atoms with E-state index in [0.29, 0.717) is 12.1 Å². The van der Waals surface area contributed by atoms with E-state index in [2.05, 4.69) is 42.3 Å². The molecule has 4 nitrogen and oxygen atoms in total. The third-order valence-electron chi connectivity index (χ3n) is 5.78. The zero-order chi connectivity index (χ0) is 17.8. The van der Waals surface area contributed by atoms with E-state index in [4.69, 9.17) is 0 Å². The largest absolute Gasteiger partial charge is 0.312 e. The number of benzene rings is 1. The summed E-state index contributed by atoms with van der Waals surface area (Å²) in [7, 11) is 0. The highest BCUT2D eigenvalue weighted by molar-refractivity contribution is 5.92. The maximum Gasteiger partial charge on any atom is 0.223 e. The Labute approximate surface area is 152 Å². The monoisotopic (exact) mass is 343 g/mol. The minimum absolute atomic E-state index is 0.148. The highest BCUT2D eigenvalue weighted by Gasteiger charge is 2.33. The van der Waals surface area contributed by atoms with Crippen molar-refractivity contribution in [3.63, 3.8) is 0 Å². The van der Waals surface area contributed by atoms with Crippen LogP contribution in [-0.2, 0) is 11.3 Å². The highest BCUT2D eigenvalue weighted by atomic mass is 16.2. The third kappa shape index (κ3) is 4.42. The summed E-state index contributed by atoms with van der Waals surface area (Å²) in [5.41, 5.74) is 2.30. The van der Waals surface area contributed by atoms with Crippen LogP contribution in [0, 0.1) is 5.92 Å². The molecule has 1 fully saturated rings. The first-order valence-corrected chi connectivity index (χ1v) is 9.88. The lowest BCUT2D eigenvalue weighted by molar-refractivity contribution is -0.116. The third-order valence-corrected chi connectivity index (χ3v) is 5.78. The van der Waals surface area contributed by atoms with Crippen LogP contribution in [-0.4, -0.2) is 42.5 Å². The average molecular weight is 344 g/mol. The number of hydrogen-bond acceptors (Lipinski definition) is 3. The van der Waals surface area contributed by atoms with Gasteiger partial charge in [-0.25, -0.2) is 0 Å². The topological polar surface area (TPSA) is 35.6 Å².